The van der Waals surface area contributed by atoms with E-state index in [0.29, 0.717) is 15.8 Å². The molecule has 0 saturated carbocycles. The fourth-order valence-electron chi connectivity index (χ4n) is 2.22. The van der Waals surface area contributed by atoms with Gasteiger partial charge in [0.25, 0.3) is 5.91 Å². The largest absolute Gasteiger partial charge is 0.433 e. The Morgan fingerprint density at radius 1 is 1.26 bits per heavy atom. The van der Waals surface area contributed by atoms with Crippen molar-refractivity contribution in [3.8, 4) is 10.4 Å². The highest BCUT2D eigenvalue weighted by Crippen LogP contribution is 2.43. The minimum Gasteiger partial charge on any atom is -0.397 e. The highest BCUT2D eigenvalue weighted by Gasteiger charge is 2.34. The van der Waals surface area contributed by atoms with E-state index in [1.165, 1.54) is 11.3 Å². The summed E-state index contributed by atoms with van der Waals surface area (Å²) in [4.78, 5) is 16.7. The standard InChI is InChI=1S/C14H10F3N3OS2/c1-5-2-3-7(22-5)6-4-8(14(15,16)17)20-13-9(6)10(18)11(23-13)12(19)21/h2-4H,18H2,1H3,(H2,19,21). The number of rotatable bonds is 2. The van der Waals surface area contributed by atoms with Gasteiger partial charge in [-0.25, -0.2) is 4.98 Å². The van der Waals surface area contributed by atoms with Gasteiger partial charge in [-0.1, -0.05) is 0 Å². The molecule has 0 spiro atoms. The molecular formula is C14H10F3N3OS2. The van der Waals surface area contributed by atoms with Crippen molar-refractivity contribution in [2.24, 2.45) is 5.73 Å². The van der Waals surface area contributed by atoms with Crippen molar-refractivity contribution >= 4 is 44.5 Å². The van der Waals surface area contributed by atoms with Gasteiger partial charge < -0.3 is 11.5 Å². The molecule has 3 aromatic rings. The molecule has 3 aromatic heterocycles. The van der Waals surface area contributed by atoms with E-state index < -0.39 is 17.8 Å². The van der Waals surface area contributed by atoms with E-state index in [1.807, 2.05) is 6.92 Å². The van der Waals surface area contributed by atoms with E-state index in [0.717, 1.165) is 22.3 Å². The fourth-order valence-corrected chi connectivity index (χ4v) is 4.08. The molecule has 4 N–H and O–H groups in total. The van der Waals surface area contributed by atoms with Gasteiger partial charge in [-0.2, -0.15) is 13.2 Å². The Hall–Kier alpha value is -2.13. The second-order valence-electron chi connectivity index (χ2n) is 4.85. The Morgan fingerprint density at radius 3 is 2.48 bits per heavy atom. The quantitative estimate of drug-likeness (QED) is 0.726. The van der Waals surface area contributed by atoms with Gasteiger partial charge in [0.1, 0.15) is 15.4 Å². The Labute approximate surface area is 136 Å². The maximum absolute atomic E-state index is 13.1. The van der Waals surface area contributed by atoms with Crippen LogP contribution in [0.25, 0.3) is 20.7 Å². The van der Waals surface area contributed by atoms with Crippen molar-refractivity contribution in [2.75, 3.05) is 5.73 Å². The number of alkyl halides is 3. The Kier molecular flexibility index (Phi) is 3.56. The van der Waals surface area contributed by atoms with E-state index in [2.05, 4.69) is 4.98 Å². The summed E-state index contributed by atoms with van der Waals surface area (Å²) in [6.07, 6.45) is -4.60. The lowest BCUT2D eigenvalue weighted by Gasteiger charge is -2.09. The van der Waals surface area contributed by atoms with E-state index in [9.17, 15) is 18.0 Å². The fraction of sp³-hybridized carbons (Fsp3) is 0.143. The number of nitrogens with zero attached hydrogens (tertiary/aromatic N) is 1. The summed E-state index contributed by atoms with van der Waals surface area (Å²) in [7, 11) is 0. The number of halogens is 3. The monoisotopic (exact) mass is 357 g/mol. The smallest absolute Gasteiger partial charge is 0.397 e. The third kappa shape index (κ3) is 2.66. The lowest BCUT2D eigenvalue weighted by atomic mass is 10.1. The molecular weight excluding hydrogens is 347 g/mol. The number of thiophene rings is 2. The van der Waals surface area contributed by atoms with E-state index in [1.54, 1.807) is 12.1 Å². The molecule has 4 nitrogen and oxygen atoms in total. The predicted molar refractivity (Wildman–Crippen MR) is 85.6 cm³/mol. The Bertz CT molecular complexity index is 927. The molecule has 0 saturated heterocycles. The first-order valence-electron chi connectivity index (χ1n) is 6.35. The topological polar surface area (TPSA) is 82.0 Å². The number of carbonyl (C=O) groups is 1. The number of aromatic nitrogens is 1. The SMILES string of the molecule is Cc1ccc(-c2cc(C(F)(F)F)nc3sc(C(N)=O)c(N)c23)s1. The van der Waals surface area contributed by atoms with Gasteiger partial charge in [0.15, 0.2) is 0 Å². The lowest BCUT2D eigenvalue weighted by Crippen LogP contribution is -2.10. The summed E-state index contributed by atoms with van der Waals surface area (Å²) < 4.78 is 39.3. The van der Waals surface area contributed by atoms with Gasteiger partial charge in [0.2, 0.25) is 0 Å². The first kappa shape index (κ1) is 15.8. The van der Waals surface area contributed by atoms with Crippen LogP contribution in [0, 0.1) is 6.92 Å². The van der Waals surface area contributed by atoms with Gasteiger partial charge in [0.05, 0.1) is 5.69 Å². The number of primary amides is 1. The van der Waals surface area contributed by atoms with Gasteiger partial charge in [0, 0.05) is 20.7 Å². The van der Waals surface area contributed by atoms with Crippen molar-refractivity contribution in [3.63, 3.8) is 0 Å². The molecule has 0 aliphatic heterocycles. The molecule has 0 unspecified atom stereocenters. The number of aryl methyl sites for hydroxylation is 1. The first-order valence-corrected chi connectivity index (χ1v) is 7.98. The molecule has 0 atom stereocenters. The number of fused-ring (bicyclic) bond motifs is 1. The second-order valence-corrected chi connectivity index (χ2v) is 7.14. The zero-order valence-electron chi connectivity index (χ0n) is 11.7. The van der Waals surface area contributed by atoms with Gasteiger partial charge in [-0.3, -0.25) is 4.79 Å². The summed E-state index contributed by atoms with van der Waals surface area (Å²) >= 11 is 2.11. The zero-order chi connectivity index (χ0) is 16.9. The predicted octanol–water partition coefficient (Wildman–Crippen LogP) is 4.03. The summed E-state index contributed by atoms with van der Waals surface area (Å²) in [6, 6.07) is 4.48. The Balaban J connectivity index is 2.41. The van der Waals surface area contributed by atoms with E-state index in [4.69, 9.17) is 11.5 Å². The van der Waals surface area contributed by atoms with Crippen LogP contribution in [-0.4, -0.2) is 10.9 Å². The molecule has 0 bridgehead atoms. The summed E-state index contributed by atoms with van der Waals surface area (Å²) in [5.41, 5.74) is 10.5. The van der Waals surface area contributed by atoms with Crippen LogP contribution in [0.4, 0.5) is 18.9 Å². The molecule has 23 heavy (non-hydrogen) atoms. The lowest BCUT2D eigenvalue weighted by molar-refractivity contribution is -0.140. The van der Waals surface area contributed by atoms with Gasteiger partial charge in [-0.05, 0) is 25.1 Å². The molecule has 0 aliphatic carbocycles. The second kappa shape index (κ2) is 5.20. The molecule has 3 rings (SSSR count). The third-order valence-electron chi connectivity index (χ3n) is 3.22. The molecule has 0 aliphatic rings. The van der Waals surface area contributed by atoms with Crippen molar-refractivity contribution in [3.05, 3.63) is 33.6 Å². The van der Waals surface area contributed by atoms with Gasteiger partial charge in [-0.15, -0.1) is 22.7 Å². The van der Waals surface area contributed by atoms with Crippen LogP contribution in [0.15, 0.2) is 18.2 Å². The minimum atomic E-state index is -4.60. The number of amides is 1. The number of nitrogens with two attached hydrogens (primary N) is 2. The van der Waals surface area contributed by atoms with Crippen molar-refractivity contribution < 1.29 is 18.0 Å². The first-order chi connectivity index (χ1) is 10.7. The van der Waals surface area contributed by atoms with E-state index in [-0.39, 0.29) is 15.4 Å². The number of anilines is 1. The Morgan fingerprint density at radius 2 is 1.96 bits per heavy atom. The number of carbonyl (C=O) groups excluding carboxylic acids is 1. The van der Waals surface area contributed by atoms with Crippen molar-refractivity contribution in [1.29, 1.82) is 0 Å². The summed E-state index contributed by atoms with van der Waals surface area (Å²) in [5, 5.41) is 0.332. The average molecular weight is 357 g/mol. The molecule has 120 valence electrons. The van der Waals surface area contributed by atoms with Crippen LogP contribution in [-0.2, 0) is 6.18 Å². The molecule has 0 aromatic carbocycles. The highest BCUT2D eigenvalue weighted by atomic mass is 32.1. The van der Waals surface area contributed by atoms with Crippen LogP contribution in [0.1, 0.15) is 20.2 Å². The normalized spacial score (nSPS) is 12.0. The maximum atomic E-state index is 13.1. The number of hydrogen-bond acceptors (Lipinski definition) is 5. The molecule has 3 heterocycles. The third-order valence-corrected chi connectivity index (χ3v) is 5.37. The molecule has 9 heteroatoms. The highest BCUT2D eigenvalue weighted by molar-refractivity contribution is 7.21. The average Bonchev–Trinajstić information content (AvgIpc) is 3.01. The van der Waals surface area contributed by atoms with Crippen LogP contribution in [0.3, 0.4) is 0 Å². The van der Waals surface area contributed by atoms with Crippen LogP contribution >= 0.6 is 22.7 Å². The van der Waals surface area contributed by atoms with Crippen molar-refractivity contribution in [1.82, 2.24) is 4.98 Å². The van der Waals surface area contributed by atoms with Gasteiger partial charge >= 0.3 is 6.18 Å². The van der Waals surface area contributed by atoms with Crippen molar-refractivity contribution in [2.45, 2.75) is 13.1 Å². The number of hydrogen-bond donors (Lipinski definition) is 2. The van der Waals surface area contributed by atoms with Crippen LogP contribution in [0.5, 0.6) is 0 Å². The summed E-state index contributed by atoms with van der Waals surface area (Å²) in [6.45, 7) is 1.85. The molecule has 0 radical (unpaired) electrons. The number of pyridine rings is 1. The van der Waals surface area contributed by atoms with E-state index >= 15 is 0 Å². The molecule has 0 fully saturated rings. The number of nitrogen functional groups attached to an aromatic ring is 1. The molecule has 1 amide bonds. The van der Waals surface area contributed by atoms with Crippen LogP contribution in [0.2, 0.25) is 0 Å². The maximum Gasteiger partial charge on any atom is 0.433 e. The zero-order valence-corrected chi connectivity index (χ0v) is 13.3. The summed E-state index contributed by atoms with van der Waals surface area (Å²) in [5.74, 6) is -0.785. The van der Waals surface area contributed by atoms with Crippen LogP contribution < -0.4 is 11.5 Å². The minimum absolute atomic E-state index is 0.0151.